The summed E-state index contributed by atoms with van der Waals surface area (Å²) in [7, 11) is 1.47. The first-order valence-electron chi connectivity index (χ1n) is 5.30. The highest BCUT2D eigenvalue weighted by atomic mass is 32.1. The smallest absolute Gasteiger partial charge is 0.345 e. The zero-order valence-electron chi connectivity index (χ0n) is 9.99. The van der Waals surface area contributed by atoms with Gasteiger partial charge in [-0.25, -0.2) is 4.98 Å². The van der Waals surface area contributed by atoms with Crippen molar-refractivity contribution >= 4 is 21.5 Å². The maximum atomic E-state index is 10.5. The molecule has 0 saturated carbocycles. The number of thiazole rings is 1. The summed E-state index contributed by atoms with van der Waals surface area (Å²) in [4.78, 5) is 13.9. The minimum Gasteiger partial charge on any atom is -0.504 e. The highest BCUT2D eigenvalue weighted by Gasteiger charge is 2.11. The van der Waals surface area contributed by atoms with E-state index in [1.165, 1.54) is 19.4 Å². The molecular formula is C11H11N3O4S. The van der Waals surface area contributed by atoms with Gasteiger partial charge in [0.05, 0.1) is 12.0 Å². The van der Waals surface area contributed by atoms with Crippen LogP contribution in [0.1, 0.15) is 5.56 Å². The molecule has 1 heterocycles. The summed E-state index contributed by atoms with van der Waals surface area (Å²) in [6.07, 6.45) is 1.21. The van der Waals surface area contributed by atoms with Crippen LogP contribution in [0.5, 0.6) is 11.5 Å². The molecule has 0 atom stereocenters. The quantitative estimate of drug-likeness (QED) is 0.645. The monoisotopic (exact) mass is 281 g/mol. The molecule has 0 aliphatic rings. The predicted molar refractivity (Wildman–Crippen MR) is 70.8 cm³/mol. The third-order valence-electron chi connectivity index (χ3n) is 2.36. The zero-order chi connectivity index (χ0) is 13.8. The average molecular weight is 281 g/mol. The van der Waals surface area contributed by atoms with E-state index < -0.39 is 4.92 Å². The van der Waals surface area contributed by atoms with Crippen LogP contribution in [0.15, 0.2) is 24.4 Å². The largest absolute Gasteiger partial charge is 0.504 e. The molecule has 0 amide bonds. The number of hydrogen-bond donors (Lipinski definition) is 2. The summed E-state index contributed by atoms with van der Waals surface area (Å²) in [5, 5.41) is 23.4. The fourth-order valence-corrected chi connectivity index (χ4v) is 2.07. The van der Waals surface area contributed by atoms with Crippen molar-refractivity contribution in [2.45, 2.75) is 6.54 Å². The van der Waals surface area contributed by atoms with Gasteiger partial charge >= 0.3 is 5.00 Å². The van der Waals surface area contributed by atoms with Gasteiger partial charge in [0, 0.05) is 6.54 Å². The number of aromatic hydroxyl groups is 1. The Morgan fingerprint density at radius 1 is 1.58 bits per heavy atom. The van der Waals surface area contributed by atoms with Gasteiger partial charge in [-0.05, 0) is 29.0 Å². The Morgan fingerprint density at radius 3 is 3.00 bits per heavy atom. The van der Waals surface area contributed by atoms with Crippen molar-refractivity contribution < 1.29 is 14.8 Å². The standard InChI is InChI=1S/C11H11N3O4S/c1-18-9-4-7(2-3-8(9)15)5-12-11-13-6-10(19-11)14(16)17/h2-4,6,15H,5H2,1H3,(H,12,13). The number of anilines is 1. The second-order valence-corrected chi connectivity index (χ2v) is 4.63. The number of methoxy groups -OCH3 is 1. The first kappa shape index (κ1) is 13.1. The van der Waals surface area contributed by atoms with Gasteiger partial charge in [0.1, 0.15) is 6.20 Å². The van der Waals surface area contributed by atoms with Crippen molar-refractivity contribution in [3.8, 4) is 11.5 Å². The maximum absolute atomic E-state index is 10.5. The van der Waals surface area contributed by atoms with Gasteiger partial charge in [-0.3, -0.25) is 10.1 Å². The summed E-state index contributed by atoms with van der Waals surface area (Å²) >= 11 is 0.971. The predicted octanol–water partition coefficient (Wildman–Crippen LogP) is 2.38. The lowest BCUT2D eigenvalue weighted by Gasteiger charge is -2.07. The minimum absolute atomic E-state index is 0.00853. The molecule has 0 unspecified atom stereocenters. The second kappa shape index (κ2) is 5.53. The van der Waals surface area contributed by atoms with Crippen molar-refractivity contribution in [2.75, 3.05) is 12.4 Å². The van der Waals surface area contributed by atoms with Crippen LogP contribution < -0.4 is 10.1 Å². The Labute approximate surface area is 112 Å². The molecule has 1 aromatic carbocycles. The highest BCUT2D eigenvalue weighted by Crippen LogP contribution is 2.28. The van der Waals surface area contributed by atoms with Gasteiger partial charge in [0.25, 0.3) is 0 Å². The summed E-state index contributed by atoms with van der Waals surface area (Å²) in [5.74, 6) is 0.445. The molecular weight excluding hydrogens is 270 g/mol. The van der Waals surface area contributed by atoms with E-state index in [1.54, 1.807) is 12.1 Å². The molecule has 7 nitrogen and oxygen atoms in total. The van der Waals surface area contributed by atoms with Crippen LogP contribution in [0.3, 0.4) is 0 Å². The van der Waals surface area contributed by atoms with Gasteiger partial charge in [0.2, 0.25) is 0 Å². The molecule has 0 aliphatic carbocycles. The normalized spacial score (nSPS) is 10.2. The maximum Gasteiger partial charge on any atom is 0.345 e. The summed E-state index contributed by atoms with van der Waals surface area (Å²) in [6.45, 7) is 0.432. The summed E-state index contributed by atoms with van der Waals surface area (Å²) < 4.78 is 4.99. The molecule has 1 aromatic heterocycles. The summed E-state index contributed by atoms with van der Waals surface area (Å²) in [5.41, 5.74) is 0.868. The molecule has 0 radical (unpaired) electrons. The minimum atomic E-state index is -0.480. The van der Waals surface area contributed by atoms with Gasteiger partial charge in [-0.1, -0.05) is 6.07 Å². The van der Waals surface area contributed by atoms with Crippen molar-refractivity contribution in [1.82, 2.24) is 4.98 Å². The molecule has 2 rings (SSSR count). The lowest BCUT2D eigenvalue weighted by Crippen LogP contribution is -1.99. The third-order valence-corrected chi connectivity index (χ3v) is 3.27. The lowest BCUT2D eigenvalue weighted by atomic mass is 10.2. The number of nitrogens with one attached hydrogen (secondary N) is 1. The van der Waals surface area contributed by atoms with E-state index in [4.69, 9.17) is 4.74 Å². The summed E-state index contributed by atoms with van der Waals surface area (Å²) in [6, 6.07) is 4.94. The Hall–Kier alpha value is -2.35. The van der Waals surface area contributed by atoms with Crippen LogP contribution in [-0.4, -0.2) is 22.1 Å². The topological polar surface area (TPSA) is 97.5 Å². The van der Waals surface area contributed by atoms with Crippen LogP contribution in [0.4, 0.5) is 10.1 Å². The van der Waals surface area contributed by atoms with E-state index >= 15 is 0 Å². The van der Waals surface area contributed by atoms with E-state index in [0.29, 0.717) is 17.4 Å². The molecule has 100 valence electrons. The molecule has 2 N–H and O–H groups in total. The number of phenols is 1. The molecule has 2 aromatic rings. The molecule has 0 saturated heterocycles. The van der Waals surface area contributed by atoms with Crippen molar-refractivity contribution in [3.63, 3.8) is 0 Å². The molecule has 19 heavy (non-hydrogen) atoms. The van der Waals surface area contributed by atoms with E-state index in [2.05, 4.69) is 10.3 Å². The number of aromatic nitrogens is 1. The van der Waals surface area contributed by atoms with Gasteiger partial charge in [-0.15, -0.1) is 0 Å². The number of phenolic OH excluding ortho intramolecular Hbond substituents is 1. The molecule has 0 aliphatic heterocycles. The van der Waals surface area contributed by atoms with Crippen LogP contribution >= 0.6 is 11.3 Å². The Morgan fingerprint density at radius 2 is 2.37 bits per heavy atom. The van der Waals surface area contributed by atoms with Crippen molar-refractivity contribution in [1.29, 1.82) is 0 Å². The average Bonchev–Trinajstić information content (AvgIpc) is 2.87. The first-order valence-corrected chi connectivity index (χ1v) is 6.12. The Kier molecular flexibility index (Phi) is 3.81. The van der Waals surface area contributed by atoms with Crippen LogP contribution in [0.25, 0.3) is 0 Å². The number of ether oxygens (including phenoxy) is 1. The Bertz CT molecular complexity index is 599. The second-order valence-electron chi connectivity index (χ2n) is 3.62. The van der Waals surface area contributed by atoms with E-state index in [1.807, 2.05) is 0 Å². The van der Waals surface area contributed by atoms with Gasteiger partial charge in [0.15, 0.2) is 16.6 Å². The number of rotatable bonds is 5. The fourth-order valence-electron chi connectivity index (χ4n) is 1.44. The SMILES string of the molecule is COc1cc(CNc2ncc([N+](=O)[O-])s2)ccc1O. The van der Waals surface area contributed by atoms with Crippen LogP contribution in [0, 0.1) is 10.1 Å². The van der Waals surface area contributed by atoms with E-state index in [0.717, 1.165) is 16.9 Å². The number of benzene rings is 1. The fraction of sp³-hybridized carbons (Fsp3) is 0.182. The first-order chi connectivity index (χ1) is 9.10. The number of hydrogen-bond acceptors (Lipinski definition) is 7. The molecule has 0 bridgehead atoms. The van der Waals surface area contributed by atoms with Gasteiger partial charge < -0.3 is 15.2 Å². The Balaban J connectivity index is 2.03. The lowest BCUT2D eigenvalue weighted by molar-refractivity contribution is -0.380. The highest BCUT2D eigenvalue weighted by molar-refractivity contribution is 7.18. The third kappa shape index (κ3) is 3.10. The number of nitro groups is 1. The van der Waals surface area contributed by atoms with E-state index in [-0.39, 0.29) is 10.8 Å². The van der Waals surface area contributed by atoms with Crippen LogP contribution in [0.2, 0.25) is 0 Å². The zero-order valence-corrected chi connectivity index (χ0v) is 10.8. The van der Waals surface area contributed by atoms with Crippen molar-refractivity contribution in [3.05, 3.63) is 40.1 Å². The molecule has 8 heteroatoms. The van der Waals surface area contributed by atoms with E-state index in [9.17, 15) is 15.2 Å². The molecule has 0 spiro atoms. The van der Waals surface area contributed by atoms with Crippen LogP contribution in [-0.2, 0) is 6.54 Å². The number of nitrogens with zero attached hydrogens (tertiary/aromatic N) is 2. The van der Waals surface area contributed by atoms with Gasteiger partial charge in [-0.2, -0.15) is 0 Å². The molecule has 0 fully saturated rings. The van der Waals surface area contributed by atoms with Crippen molar-refractivity contribution in [2.24, 2.45) is 0 Å².